The minimum atomic E-state index is -0.201. The Hall–Kier alpha value is -2.25. The first-order valence-electron chi connectivity index (χ1n) is 11.4. The summed E-state index contributed by atoms with van der Waals surface area (Å²) < 4.78 is 20.6. The first kappa shape index (κ1) is 22.0. The summed E-state index contributed by atoms with van der Waals surface area (Å²) in [4.78, 5) is 15.1. The molecule has 31 heavy (non-hydrogen) atoms. The Morgan fingerprint density at radius 1 is 1.26 bits per heavy atom. The van der Waals surface area contributed by atoms with Crippen LogP contribution in [0.2, 0.25) is 0 Å². The molecule has 0 saturated carbocycles. The number of rotatable bonds is 7. The molecule has 1 saturated heterocycles. The monoisotopic (exact) mass is 428 g/mol. The van der Waals surface area contributed by atoms with E-state index in [1.54, 1.807) is 0 Å². The molecule has 2 aliphatic rings. The van der Waals surface area contributed by atoms with E-state index in [0.717, 1.165) is 49.9 Å². The molecule has 4 rings (SSSR count). The number of carbonyl (C=O) groups excluding carboxylic acids is 1. The van der Waals surface area contributed by atoms with Crippen LogP contribution in [0.3, 0.4) is 0 Å². The topological polar surface area (TPSA) is 59.4 Å². The summed E-state index contributed by atoms with van der Waals surface area (Å²) in [6.45, 7) is 8.47. The molecule has 168 valence electrons. The van der Waals surface area contributed by atoms with Crippen LogP contribution in [-0.4, -0.2) is 59.5 Å². The zero-order chi connectivity index (χ0) is 21.8. The molecule has 7 heteroatoms. The largest absolute Gasteiger partial charge is 0.378 e. The molecule has 1 N–H and O–H groups in total. The lowest BCUT2D eigenvalue weighted by Gasteiger charge is -2.28. The van der Waals surface area contributed by atoms with Crippen LogP contribution in [0.4, 0.5) is 4.39 Å². The van der Waals surface area contributed by atoms with E-state index in [9.17, 15) is 9.18 Å². The molecule has 1 amide bonds. The van der Waals surface area contributed by atoms with E-state index in [4.69, 9.17) is 9.84 Å². The molecule has 6 nitrogen and oxygen atoms in total. The quantitative estimate of drug-likeness (QED) is 0.737. The van der Waals surface area contributed by atoms with E-state index in [1.807, 2.05) is 17.0 Å². The van der Waals surface area contributed by atoms with Gasteiger partial charge < -0.3 is 15.0 Å². The van der Waals surface area contributed by atoms with Crippen molar-refractivity contribution in [3.05, 3.63) is 52.6 Å². The van der Waals surface area contributed by atoms with Gasteiger partial charge in [0, 0.05) is 36.9 Å². The van der Waals surface area contributed by atoms with Gasteiger partial charge in [0.15, 0.2) is 5.69 Å². The summed E-state index contributed by atoms with van der Waals surface area (Å²) in [5.41, 5.74) is 4.09. The molecule has 1 aliphatic carbocycles. The fourth-order valence-corrected chi connectivity index (χ4v) is 4.52. The number of hydrogen-bond donors (Lipinski definition) is 1. The number of hydrogen-bond acceptors (Lipinski definition) is 4. The van der Waals surface area contributed by atoms with E-state index in [-0.39, 0.29) is 11.7 Å². The SMILES string of the molecule is CC(C)Cn1nc(C(=O)N2CCOCC2)c2c1CC[C@H](NCCc1ccc(F)cc1)C2. The first-order valence-corrected chi connectivity index (χ1v) is 11.4. The minimum absolute atomic E-state index is 0.0361. The summed E-state index contributed by atoms with van der Waals surface area (Å²) in [7, 11) is 0. The second-order valence-corrected chi connectivity index (χ2v) is 9.02. The molecule has 0 spiro atoms. The van der Waals surface area contributed by atoms with Gasteiger partial charge in [-0.3, -0.25) is 9.48 Å². The third-order valence-electron chi connectivity index (χ3n) is 6.15. The van der Waals surface area contributed by atoms with Gasteiger partial charge in [-0.05, 0) is 55.8 Å². The first-order chi connectivity index (χ1) is 15.0. The number of nitrogens with one attached hydrogen (secondary N) is 1. The van der Waals surface area contributed by atoms with Crippen LogP contribution in [0.15, 0.2) is 24.3 Å². The molecule has 1 aliphatic heterocycles. The fraction of sp³-hybridized carbons (Fsp3) is 0.583. The Kier molecular flexibility index (Phi) is 7.02. The molecule has 1 aromatic carbocycles. The van der Waals surface area contributed by atoms with Crippen LogP contribution in [0.25, 0.3) is 0 Å². The molecule has 2 heterocycles. The normalized spacial score (nSPS) is 19.0. The van der Waals surface area contributed by atoms with Crippen molar-refractivity contribution in [1.29, 1.82) is 0 Å². The van der Waals surface area contributed by atoms with Crippen molar-refractivity contribution in [2.45, 2.75) is 52.1 Å². The molecule has 1 fully saturated rings. The number of fused-ring (bicyclic) bond motifs is 1. The molecule has 0 unspecified atom stereocenters. The van der Waals surface area contributed by atoms with Gasteiger partial charge in [-0.2, -0.15) is 5.10 Å². The van der Waals surface area contributed by atoms with E-state index in [2.05, 4.69) is 23.8 Å². The number of halogens is 1. The molecule has 2 aromatic rings. The van der Waals surface area contributed by atoms with Crippen molar-refractivity contribution in [1.82, 2.24) is 20.0 Å². The van der Waals surface area contributed by atoms with Crippen LogP contribution in [0, 0.1) is 11.7 Å². The third kappa shape index (κ3) is 5.33. The Balaban J connectivity index is 1.46. The maximum Gasteiger partial charge on any atom is 0.274 e. The maximum atomic E-state index is 13.2. The summed E-state index contributed by atoms with van der Waals surface area (Å²) in [6.07, 6.45) is 3.64. The summed E-state index contributed by atoms with van der Waals surface area (Å²) >= 11 is 0. The van der Waals surface area contributed by atoms with E-state index in [1.165, 1.54) is 17.8 Å². The molecular weight excluding hydrogens is 395 g/mol. The van der Waals surface area contributed by atoms with E-state index in [0.29, 0.717) is 44.0 Å². The Morgan fingerprint density at radius 3 is 2.71 bits per heavy atom. The van der Waals surface area contributed by atoms with Crippen LogP contribution in [0.5, 0.6) is 0 Å². The van der Waals surface area contributed by atoms with Gasteiger partial charge in [0.25, 0.3) is 5.91 Å². The van der Waals surface area contributed by atoms with Crippen molar-refractivity contribution in [2.75, 3.05) is 32.8 Å². The third-order valence-corrected chi connectivity index (χ3v) is 6.15. The highest BCUT2D eigenvalue weighted by molar-refractivity contribution is 5.94. The second-order valence-electron chi connectivity index (χ2n) is 9.02. The van der Waals surface area contributed by atoms with Gasteiger partial charge in [0.1, 0.15) is 5.82 Å². The lowest BCUT2D eigenvalue weighted by atomic mass is 9.90. The van der Waals surface area contributed by atoms with Crippen LogP contribution in [-0.2, 0) is 30.5 Å². The Bertz CT molecular complexity index is 888. The molecular formula is C24H33FN4O2. The highest BCUT2D eigenvalue weighted by Gasteiger charge is 2.31. The van der Waals surface area contributed by atoms with Crippen molar-refractivity contribution in [2.24, 2.45) is 5.92 Å². The molecule has 0 bridgehead atoms. The van der Waals surface area contributed by atoms with Gasteiger partial charge in [-0.1, -0.05) is 26.0 Å². The fourth-order valence-electron chi connectivity index (χ4n) is 4.52. The minimum Gasteiger partial charge on any atom is -0.378 e. The number of aromatic nitrogens is 2. The van der Waals surface area contributed by atoms with E-state index < -0.39 is 0 Å². The standard InChI is InChI=1S/C24H33FN4O2/c1-17(2)16-29-22-8-7-20(26-10-9-18-3-5-19(25)6-4-18)15-21(22)23(27-29)24(30)28-11-13-31-14-12-28/h3-6,17,20,26H,7-16H2,1-2H3/t20-/m0/s1. The Labute approximate surface area is 183 Å². The van der Waals surface area contributed by atoms with Gasteiger partial charge in [-0.15, -0.1) is 0 Å². The predicted octanol–water partition coefficient (Wildman–Crippen LogP) is 2.84. The Morgan fingerprint density at radius 2 is 2.00 bits per heavy atom. The van der Waals surface area contributed by atoms with Gasteiger partial charge >= 0.3 is 0 Å². The van der Waals surface area contributed by atoms with Crippen molar-refractivity contribution < 1.29 is 13.9 Å². The highest BCUT2D eigenvalue weighted by Crippen LogP contribution is 2.27. The summed E-state index contributed by atoms with van der Waals surface area (Å²) in [5, 5.41) is 8.44. The van der Waals surface area contributed by atoms with Crippen molar-refractivity contribution in [3.63, 3.8) is 0 Å². The zero-order valence-electron chi connectivity index (χ0n) is 18.6. The average Bonchev–Trinajstić information content (AvgIpc) is 3.12. The summed E-state index contributed by atoms with van der Waals surface area (Å²) in [6, 6.07) is 7.01. The molecule has 1 atom stereocenters. The van der Waals surface area contributed by atoms with Crippen molar-refractivity contribution in [3.8, 4) is 0 Å². The van der Waals surface area contributed by atoms with Crippen LogP contribution in [0.1, 0.15) is 47.6 Å². The molecule has 1 aromatic heterocycles. The lowest BCUT2D eigenvalue weighted by Crippen LogP contribution is -2.42. The number of nitrogens with zero attached hydrogens (tertiary/aromatic N) is 3. The second kappa shape index (κ2) is 9.92. The zero-order valence-corrected chi connectivity index (χ0v) is 18.6. The number of benzene rings is 1. The highest BCUT2D eigenvalue weighted by atomic mass is 19.1. The maximum absolute atomic E-state index is 13.2. The number of carbonyl (C=O) groups is 1. The number of amides is 1. The predicted molar refractivity (Wildman–Crippen MR) is 118 cm³/mol. The van der Waals surface area contributed by atoms with Gasteiger partial charge in [0.2, 0.25) is 0 Å². The van der Waals surface area contributed by atoms with Gasteiger partial charge in [-0.25, -0.2) is 4.39 Å². The van der Waals surface area contributed by atoms with E-state index >= 15 is 0 Å². The average molecular weight is 429 g/mol. The smallest absolute Gasteiger partial charge is 0.274 e. The lowest BCUT2D eigenvalue weighted by molar-refractivity contribution is 0.0297. The van der Waals surface area contributed by atoms with Crippen LogP contribution < -0.4 is 5.32 Å². The van der Waals surface area contributed by atoms with Crippen molar-refractivity contribution >= 4 is 5.91 Å². The summed E-state index contributed by atoms with van der Waals surface area (Å²) in [5.74, 6) is 0.309. The number of morpholine rings is 1. The van der Waals surface area contributed by atoms with Gasteiger partial charge in [0.05, 0.1) is 13.2 Å². The van der Waals surface area contributed by atoms with Crippen LogP contribution >= 0.6 is 0 Å². The number of ether oxygens (including phenoxy) is 1. The molecule has 0 radical (unpaired) electrons.